The summed E-state index contributed by atoms with van der Waals surface area (Å²) in [4.78, 5) is 60.6. The first kappa shape index (κ1) is 31.4. The van der Waals surface area contributed by atoms with Gasteiger partial charge in [-0.15, -0.1) is 0 Å². The first-order valence-electron chi connectivity index (χ1n) is 14.6. The van der Waals surface area contributed by atoms with Crippen molar-refractivity contribution in [3.63, 3.8) is 0 Å². The number of carbonyl (C=O) groups is 4. The van der Waals surface area contributed by atoms with Crippen molar-refractivity contribution in [3.05, 3.63) is 41.5 Å². The van der Waals surface area contributed by atoms with Crippen LogP contribution in [0.2, 0.25) is 0 Å². The van der Waals surface area contributed by atoms with Gasteiger partial charge in [0.25, 0.3) is 0 Å². The van der Waals surface area contributed by atoms with E-state index in [0.29, 0.717) is 30.5 Å². The van der Waals surface area contributed by atoms with Crippen LogP contribution < -0.4 is 5.32 Å². The number of alkyl halides is 3. The Kier molecular flexibility index (Phi) is 8.60. The molecule has 0 unspecified atom stereocenters. The summed E-state index contributed by atoms with van der Waals surface area (Å²) in [6.45, 7) is -1.59. The van der Waals surface area contributed by atoms with Crippen LogP contribution in [0.1, 0.15) is 30.4 Å². The molecule has 4 aliphatic heterocycles. The predicted molar refractivity (Wildman–Crippen MR) is 143 cm³/mol. The van der Waals surface area contributed by atoms with E-state index in [1.165, 1.54) is 16.0 Å². The SMILES string of the molecule is O=C(C=Cc1ccc(CN2O[C@@H]3[C@H]4OCO[C@H]4[C@H]4C[C@]3(C(=O)N3CCC[C@@H]3C(=O)NCCO)[C@@H]2C(=O)O4)cc1)OCC(F)(F)F. The molecular weight excluding hydrogens is 607 g/mol. The Bertz CT molecular complexity index is 1360. The minimum atomic E-state index is -4.63. The number of hydroxylamine groups is 2. The lowest BCUT2D eigenvalue weighted by molar-refractivity contribution is -0.204. The number of fused-ring (bicyclic) bond motifs is 4. The van der Waals surface area contributed by atoms with Gasteiger partial charge in [0.05, 0.1) is 13.2 Å². The van der Waals surface area contributed by atoms with Crippen LogP contribution in [0.3, 0.4) is 0 Å². The van der Waals surface area contributed by atoms with Crippen LogP contribution in [-0.4, -0.2) is 115 Å². The zero-order valence-electron chi connectivity index (χ0n) is 23.9. The molecule has 0 spiro atoms. The van der Waals surface area contributed by atoms with E-state index in [0.717, 1.165) is 6.08 Å². The summed E-state index contributed by atoms with van der Waals surface area (Å²) in [7, 11) is 0. The van der Waals surface area contributed by atoms with Gasteiger partial charge in [-0.1, -0.05) is 24.3 Å². The Labute approximate surface area is 255 Å². The van der Waals surface area contributed by atoms with E-state index in [2.05, 4.69) is 10.1 Å². The number of benzene rings is 1. The van der Waals surface area contributed by atoms with Gasteiger partial charge in [0.2, 0.25) is 11.8 Å². The quantitative estimate of drug-likeness (QED) is 0.286. The van der Waals surface area contributed by atoms with E-state index in [1.807, 2.05) is 0 Å². The summed E-state index contributed by atoms with van der Waals surface area (Å²) in [5.74, 6) is -2.59. The lowest BCUT2D eigenvalue weighted by Gasteiger charge is -2.50. The molecule has 4 saturated heterocycles. The Morgan fingerprint density at radius 3 is 2.64 bits per heavy atom. The maximum atomic E-state index is 14.6. The van der Waals surface area contributed by atoms with Gasteiger partial charge >= 0.3 is 18.1 Å². The molecule has 13 nitrogen and oxygen atoms in total. The standard InChI is InChI=1S/C29H32F3N3O10/c30-29(31,32)14-41-20(37)8-7-16-3-5-17(6-4-16)13-35-23-26(39)44-19-12-28(23,24(45-35)22-21(19)42-15-43-22)27(40)34-10-1-2-18(34)25(38)33-9-11-36/h3-8,18-19,21-24,36H,1-2,9-15H2,(H,33,38)/t18-,19-,21+,22+,23+,24-,28+/m1/s1. The van der Waals surface area contributed by atoms with E-state index < -0.39 is 72.5 Å². The highest BCUT2D eigenvalue weighted by molar-refractivity contribution is 5.96. The molecule has 0 radical (unpaired) electrons. The Balaban J connectivity index is 1.23. The predicted octanol–water partition coefficient (Wildman–Crippen LogP) is 0.446. The topological polar surface area (TPSA) is 153 Å². The molecule has 1 saturated carbocycles. The number of hydrogen-bond donors (Lipinski definition) is 2. The average Bonchev–Trinajstić information content (AvgIpc) is 3.76. The highest BCUT2D eigenvalue weighted by Gasteiger charge is 2.75. The van der Waals surface area contributed by atoms with Crippen molar-refractivity contribution >= 4 is 29.8 Å². The first-order valence-corrected chi connectivity index (χ1v) is 14.6. The number of aliphatic hydroxyl groups excluding tert-OH is 1. The Hall–Kier alpha value is -3.57. The summed E-state index contributed by atoms with van der Waals surface area (Å²) in [6.07, 6.45) is -4.30. The summed E-state index contributed by atoms with van der Waals surface area (Å²) in [5.41, 5.74) is -0.261. The Morgan fingerprint density at radius 1 is 1.16 bits per heavy atom. The molecular formula is C29H32F3N3O10. The molecule has 4 heterocycles. The highest BCUT2D eigenvalue weighted by atomic mass is 19.4. The minimum absolute atomic E-state index is 0.0463. The number of carbonyl (C=O) groups excluding carboxylic acids is 4. The van der Waals surface area contributed by atoms with Crippen LogP contribution in [0.5, 0.6) is 0 Å². The number of likely N-dealkylation sites (tertiary alicyclic amines) is 1. The number of nitrogens with zero attached hydrogens (tertiary/aromatic N) is 2. The van der Waals surface area contributed by atoms with Crippen LogP contribution in [-0.2, 0) is 49.5 Å². The van der Waals surface area contributed by atoms with Gasteiger partial charge in [-0.25, -0.2) is 4.79 Å². The molecule has 2 amide bonds. The zero-order chi connectivity index (χ0) is 31.9. The number of amides is 2. The summed E-state index contributed by atoms with van der Waals surface area (Å²) in [5, 5.41) is 13.2. The maximum Gasteiger partial charge on any atom is 0.422 e. The van der Waals surface area contributed by atoms with Crippen molar-refractivity contribution in [1.82, 2.24) is 15.3 Å². The largest absolute Gasteiger partial charge is 0.458 e. The summed E-state index contributed by atoms with van der Waals surface area (Å²) >= 11 is 0. The van der Waals surface area contributed by atoms with Crippen LogP contribution in [0.4, 0.5) is 13.2 Å². The Morgan fingerprint density at radius 2 is 1.91 bits per heavy atom. The van der Waals surface area contributed by atoms with Gasteiger partial charge in [-0.05, 0) is 30.0 Å². The minimum Gasteiger partial charge on any atom is -0.458 e. The third kappa shape index (κ3) is 5.92. The van der Waals surface area contributed by atoms with Crippen LogP contribution >= 0.6 is 0 Å². The number of halogens is 3. The normalized spacial score (nSPS) is 32.4. The van der Waals surface area contributed by atoms with Crippen molar-refractivity contribution in [3.8, 4) is 0 Å². The van der Waals surface area contributed by atoms with Crippen LogP contribution in [0.15, 0.2) is 30.3 Å². The van der Waals surface area contributed by atoms with Crippen LogP contribution in [0.25, 0.3) is 6.08 Å². The van der Waals surface area contributed by atoms with Gasteiger partial charge < -0.3 is 34.3 Å². The fraction of sp³-hybridized carbons (Fsp3) is 0.586. The number of aliphatic hydroxyl groups is 1. The lowest BCUT2D eigenvalue weighted by atomic mass is 9.62. The molecule has 2 N–H and O–H groups in total. The van der Waals surface area contributed by atoms with Crippen molar-refractivity contribution in [2.24, 2.45) is 5.41 Å². The van der Waals surface area contributed by atoms with Crippen molar-refractivity contribution in [1.29, 1.82) is 0 Å². The molecule has 5 aliphatic rings. The smallest absolute Gasteiger partial charge is 0.422 e. The van der Waals surface area contributed by atoms with Crippen molar-refractivity contribution in [2.45, 2.75) is 68.5 Å². The zero-order valence-corrected chi connectivity index (χ0v) is 23.9. The molecule has 16 heteroatoms. The second-order valence-corrected chi connectivity index (χ2v) is 11.6. The number of ether oxygens (including phenoxy) is 4. The van der Waals surface area contributed by atoms with E-state index in [4.69, 9.17) is 24.2 Å². The van der Waals surface area contributed by atoms with Gasteiger partial charge in [0.15, 0.2) is 12.6 Å². The molecule has 2 bridgehead atoms. The summed E-state index contributed by atoms with van der Waals surface area (Å²) < 4.78 is 58.3. The van der Waals surface area contributed by atoms with E-state index in [9.17, 15) is 32.3 Å². The monoisotopic (exact) mass is 639 g/mol. The molecule has 5 fully saturated rings. The molecule has 45 heavy (non-hydrogen) atoms. The molecule has 1 aliphatic carbocycles. The first-order chi connectivity index (χ1) is 21.5. The van der Waals surface area contributed by atoms with Crippen LogP contribution in [0, 0.1) is 5.41 Å². The molecule has 6 rings (SSSR count). The molecule has 1 aromatic carbocycles. The fourth-order valence-electron chi connectivity index (χ4n) is 6.94. The van der Waals surface area contributed by atoms with Gasteiger partial charge in [-0.2, -0.15) is 18.2 Å². The lowest BCUT2D eigenvalue weighted by Crippen LogP contribution is -2.70. The average molecular weight is 640 g/mol. The van der Waals surface area contributed by atoms with E-state index in [-0.39, 0.29) is 38.8 Å². The molecule has 244 valence electrons. The van der Waals surface area contributed by atoms with E-state index in [1.54, 1.807) is 24.3 Å². The third-order valence-electron chi connectivity index (χ3n) is 8.81. The van der Waals surface area contributed by atoms with Gasteiger partial charge in [0, 0.05) is 25.6 Å². The van der Waals surface area contributed by atoms with Crippen molar-refractivity contribution < 1.29 is 61.2 Å². The van der Waals surface area contributed by atoms with Gasteiger partial charge in [-0.3, -0.25) is 19.2 Å². The number of hydrogen-bond acceptors (Lipinski definition) is 11. The molecule has 0 aromatic heterocycles. The summed E-state index contributed by atoms with van der Waals surface area (Å²) in [6, 6.07) is 4.67. The second kappa shape index (κ2) is 12.3. The fourth-order valence-corrected chi connectivity index (χ4v) is 6.94. The van der Waals surface area contributed by atoms with E-state index >= 15 is 0 Å². The van der Waals surface area contributed by atoms with Gasteiger partial charge in [0.1, 0.15) is 42.7 Å². The number of rotatable bonds is 9. The molecule has 1 aromatic rings. The second-order valence-electron chi connectivity index (χ2n) is 11.6. The number of nitrogens with one attached hydrogen (secondary N) is 1. The van der Waals surface area contributed by atoms with Crippen molar-refractivity contribution in [2.75, 3.05) is 33.1 Å². The molecule has 7 atom stereocenters. The maximum absolute atomic E-state index is 14.6. The third-order valence-corrected chi connectivity index (χ3v) is 8.81. The number of esters is 2. The highest BCUT2D eigenvalue weighted by Crippen LogP contribution is 2.56.